The normalized spacial score (nSPS) is 15.6. The Balaban J connectivity index is 1.33. The van der Waals surface area contributed by atoms with Gasteiger partial charge < -0.3 is 0 Å². The second-order valence-electron chi connectivity index (χ2n) is 7.21. The molecule has 2 amide bonds. The monoisotopic (exact) mass is 445 g/mol. The maximum atomic E-state index is 12.4. The number of aryl methyl sites for hydroxylation is 1. The molecule has 2 N–H and O–H groups in total. The van der Waals surface area contributed by atoms with Gasteiger partial charge in [0.05, 0.1) is 22.0 Å². The Morgan fingerprint density at radius 1 is 1.28 bits per heavy atom. The van der Waals surface area contributed by atoms with Gasteiger partial charge in [-0.25, -0.2) is 4.98 Å². The SMILES string of the molecule is CC1CCc2sc(C(=O)NNC(=O)Cc3csc(-c4ccccc4Cl)n3)cc2C1. The molecule has 1 aliphatic rings. The first-order valence-electron chi connectivity index (χ1n) is 9.39. The number of thiophene rings is 1. The van der Waals surface area contributed by atoms with Crippen LogP contribution < -0.4 is 10.9 Å². The maximum absolute atomic E-state index is 12.4. The van der Waals surface area contributed by atoms with Crippen molar-refractivity contribution in [3.63, 3.8) is 0 Å². The van der Waals surface area contributed by atoms with Crippen molar-refractivity contribution in [1.82, 2.24) is 15.8 Å². The van der Waals surface area contributed by atoms with Gasteiger partial charge in [0.15, 0.2) is 0 Å². The second-order valence-corrected chi connectivity index (χ2v) is 9.61. The molecule has 0 fully saturated rings. The van der Waals surface area contributed by atoms with Crippen molar-refractivity contribution in [3.05, 3.63) is 61.7 Å². The molecule has 1 aliphatic carbocycles. The van der Waals surface area contributed by atoms with E-state index in [2.05, 4.69) is 22.8 Å². The summed E-state index contributed by atoms with van der Waals surface area (Å²) in [6.45, 7) is 2.23. The molecular formula is C21H20ClN3O2S2. The molecule has 1 atom stereocenters. The molecule has 4 rings (SSSR count). The van der Waals surface area contributed by atoms with Crippen molar-refractivity contribution >= 4 is 46.1 Å². The van der Waals surface area contributed by atoms with Gasteiger partial charge in [-0.15, -0.1) is 22.7 Å². The third-order valence-electron chi connectivity index (χ3n) is 4.87. The van der Waals surface area contributed by atoms with Crippen LogP contribution in [-0.4, -0.2) is 16.8 Å². The summed E-state index contributed by atoms with van der Waals surface area (Å²) < 4.78 is 0. The number of rotatable bonds is 4. The van der Waals surface area contributed by atoms with Gasteiger partial charge in [0, 0.05) is 15.8 Å². The van der Waals surface area contributed by atoms with E-state index in [0.717, 1.165) is 29.8 Å². The number of nitrogens with zero attached hydrogens (tertiary/aromatic N) is 1. The number of hydrogen-bond donors (Lipinski definition) is 2. The summed E-state index contributed by atoms with van der Waals surface area (Å²) in [5.41, 5.74) is 7.74. The van der Waals surface area contributed by atoms with Crippen LogP contribution in [0.25, 0.3) is 10.6 Å². The fraction of sp³-hybridized carbons (Fsp3) is 0.286. The Morgan fingerprint density at radius 3 is 2.93 bits per heavy atom. The lowest BCUT2D eigenvalue weighted by atomic mass is 9.90. The number of halogens is 1. The predicted octanol–water partition coefficient (Wildman–Crippen LogP) is 4.65. The van der Waals surface area contributed by atoms with Crippen molar-refractivity contribution in [3.8, 4) is 10.6 Å². The van der Waals surface area contributed by atoms with Crippen LogP contribution in [0.15, 0.2) is 35.7 Å². The average molecular weight is 446 g/mol. The van der Waals surface area contributed by atoms with E-state index >= 15 is 0 Å². The lowest BCUT2D eigenvalue weighted by Crippen LogP contribution is -2.42. The van der Waals surface area contributed by atoms with E-state index in [1.165, 1.54) is 33.1 Å². The fourth-order valence-electron chi connectivity index (χ4n) is 3.36. The van der Waals surface area contributed by atoms with Crippen LogP contribution in [-0.2, 0) is 24.1 Å². The van der Waals surface area contributed by atoms with E-state index < -0.39 is 0 Å². The standard InChI is InChI=1S/C21H20ClN3O2S2/c1-12-6-7-17-13(8-12)9-18(29-17)20(27)25-24-19(26)10-14-11-28-21(23-14)15-4-2-3-5-16(15)22/h2-5,9,11-12H,6-8,10H2,1H3,(H,24,26)(H,25,27). The molecule has 0 bridgehead atoms. The third-order valence-corrected chi connectivity index (χ3v) is 7.36. The van der Waals surface area contributed by atoms with E-state index in [4.69, 9.17) is 11.6 Å². The average Bonchev–Trinajstić information content (AvgIpc) is 3.33. The van der Waals surface area contributed by atoms with Crippen molar-refractivity contribution in [2.24, 2.45) is 5.92 Å². The molecular weight excluding hydrogens is 426 g/mol. The number of fused-ring (bicyclic) bond motifs is 1. The molecule has 8 heteroatoms. The van der Waals surface area contributed by atoms with Crippen molar-refractivity contribution in [1.29, 1.82) is 0 Å². The summed E-state index contributed by atoms with van der Waals surface area (Å²) in [7, 11) is 0. The second kappa shape index (κ2) is 8.65. The molecule has 1 aromatic carbocycles. The van der Waals surface area contributed by atoms with Crippen LogP contribution in [0.1, 0.15) is 39.2 Å². The van der Waals surface area contributed by atoms with Gasteiger partial charge in [-0.3, -0.25) is 20.4 Å². The Morgan fingerprint density at radius 2 is 2.10 bits per heavy atom. The molecule has 2 heterocycles. The number of benzene rings is 1. The highest BCUT2D eigenvalue weighted by Crippen LogP contribution is 2.32. The zero-order valence-corrected chi connectivity index (χ0v) is 18.2. The molecule has 2 aromatic heterocycles. The van der Waals surface area contributed by atoms with Crippen LogP contribution in [0.5, 0.6) is 0 Å². The quantitative estimate of drug-likeness (QED) is 0.574. The topological polar surface area (TPSA) is 71.1 Å². The number of nitrogens with one attached hydrogen (secondary N) is 2. The van der Waals surface area contributed by atoms with Crippen LogP contribution in [0.3, 0.4) is 0 Å². The number of hydrogen-bond acceptors (Lipinski definition) is 5. The summed E-state index contributed by atoms with van der Waals surface area (Å²) in [4.78, 5) is 31.0. The zero-order chi connectivity index (χ0) is 20.4. The first kappa shape index (κ1) is 20.1. The number of amides is 2. The number of carbonyl (C=O) groups is 2. The van der Waals surface area contributed by atoms with E-state index in [9.17, 15) is 9.59 Å². The lowest BCUT2D eigenvalue weighted by molar-refractivity contribution is -0.121. The summed E-state index contributed by atoms with van der Waals surface area (Å²) >= 11 is 9.15. The first-order valence-corrected chi connectivity index (χ1v) is 11.5. The van der Waals surface area contributed by atoms with Crippen LogP contribution in [0.2, 0.25) is 5.02 Å². The summed E-state index contributed by atoms with van der Waals surface area (Å²) in [6, 6.07) is 9.41. The third kappa shape index (κ3) is 4.69. The first-order chi connectivity index (χ1) is 14.0. The number of carbonyl (C=O) groups excluding carboxylic acids is 2. The molecule has 0 saturated carbocycles. The minimum absolute atomic E-state index is 0.0830. The predicted molar refractivity (Wildman–Crippen MR) is 117 cm³/mol. The molecule has 0 aliphatic heterocycles. The summed E-state index contributed by atoms with van der Waals surface area (Å²) in [6.07, 6.45) is 3.29. The van der Waals surface area contributed by atoms with Crippen LogP contribution in [0, 0.1) is 5.92 Å². The van der Waals surface area contributed by atoms with Gasteiger partial charge in [0.2, 0.25) is 5.91 Å². The smallest absolute Gasteiger partial charge is 0.273 e. The van der Waals surface area contributed by atoms with Gasteiger partial charge in [-0.1, -0.05) is 36.7 Å². The molecule has 29 heavy (non-hydrogen) atoms. The van der Waals surface area contributed by atoms with Crippen LogP contribution in [0.4, 0.5) is 0 Å². The summed E-state index contributed by atoms with van der Waals surface area (Å²) in [5.74, 6) is 0.0613. The number of aromatic nitrogens is 1. The fourth-order valence-corrected chi connectivity index (χ4v) is 5.60. The molecule has 5 nitrogen and oxygen atoms in total. The van der Waals surface area contributed by atoms with E-state index in [0.29, 0.717) is 21.5 Å². The van der Waals surface area contributed by atoms with E-state index in [1.807, 2.05) is 35.7 Å². The molecule has 150 valence electrons. The van der Waals surface area contributed by atoms with Gasteiger partial charge in [-0.2, -0.15) is 0 Å². The molecule has 0 radical (unpaired) electrons. The Bertz CT molecular complexity index is 1060. The Labute approximate surface area is 182 Å². The Kier molecular flexibility index (Phi) is 5.99. The van der Waals surface area contributed by atoms with Crippen molar-refractivity contribution < 1.29 is 9.59 Å². The molecule has 0 saturated heterocycles. The lowest BCUT2D eigenvalue weighted by Gasteiger charge is -2.16. The zero-order valence-electron chi connectivity index (χ0n) is 15.8. The van der Waals surface area contributed by atoms with E-state index in [-0.39, 0.29) is 18.2 Å². The van der Waals surface area contributed by atoms with Gasteiger partial charge in [-0.05, 0) is 42.9 Å². The number of thiazole rings is 1. The largest absolute Gasteiger partial charge is 0.279 e. The van der Waals surface area contributed by atoms with Gasteiger partial charge >= 0.3 is 0 Å². The van der Waals surface area contributed by atoms with Crippen molar-refractivity contribution in [2.45, 2.75) is 32.6 Å². The van der Waals surface area contributed by atoms with Gasteiger partial charge in [0.1, 0.15) is 5.01 Å². The van der Waals surface area contributed by atoms with E-state index in [1.54, 1.807) is 0 Å². The highest BCUT2D eigenvalue weighted by molar-refractivity contribution is 7.14. The maximum Gasteiger partial charge on any atom is 0.279 e. The number of hydrazine groups is 1. The summed E-state index contributed by atoms with van der Waals surface area (Å²) in [5, 5.41) is 3.22. The van der Waals surface area contributed by atoms with Crippen molar-refractivity contribution in [2.75, 3.05) is 0 Å². The minimum atomic E-state index is -0.315. The molecule has 0 spiro atoms. The Hall–Kier alpha value is -2.22. The van der Waals surface area contributed by atoms with Crippen LogP contribution >= 0.6 is 34.3 Å². The molecule has 1 unspecified atom stereocenters. The van der Waals surface area contributed by atoms with Gasteiger partial charge in [0.25, 0.3) is 5.91 Å². The molecule has 3 aromatic rings. The minimum Gasteiger partial charge on any atom is -0.273 e. The highest BCUT2D eigenvalue weighted by atomic mass is 35.5. The highest BCUT2D eigenvalue weighted by Gasteiger charge is 2.21.